The lowest BCUT2D eigenvalue weighted by Gasteiger charge is -2.08. The van der Waals surface area contributed by atoms with Crippen LogP contribution in [0, 0.1) is 0 Å². The molecule has 0 aliphatic heterocycles. The molecule has 0 N–H and O–H groups in total. The molecule has 0 radical (unpaired) electrons. The number of thiol groups is 1. The minimum Gasteiger partial charge on any atom is -0.257 e. The number of rotatable bonds is 3. The number of benzene rings is 2. The Kier molecular flexibility index (Phi) is 3.84. The summed E-state index contributed by atoms with van der Waals surface area (Å²) in [6, 6.07) is 18.6. The minimum atomic E-state index is 0.729. The van der Waals surface area contributed by atoms with Crippen molar-refractivity contribution in [3.8, 4) is 0 Å². The fourth-order valence-electron chi connectivity index (χ4n) is 2.32. The zero-order valence-corrected chi connectivity index (χ0v) is 11.9. The van der Waals surface area contributed by atoms with Gasteiger partial charge in [-0.15, -0.1) is 0 Å². The minimum absolute atomic E-state index is 0.729. The van der Waals surface area contributed by atoms with E-state index in [-0.39, 0.29) is 0 Å². The smallest absolute Gasteiger partial charge is 0.0629 e. The molecule has 3 rings (SSSR count). The lowest BCUT2D eigenvalue weighted by atomic mass is 9.99. The highest BCUT2D eigenvalue weighted by Gasteiger charge is 2.03. The van der Waals surface area contributed by atoms with Gasteiger partial charge in [0.2, 0.25) is 0 Å². The van der Waals surface area contributed by atoms with Crippen LogP contribution >= 0.6 is 12.6 Å². The maximum Gasteiger partial charge on any atom is 0.0629 e. The van der Waals surface area contributed by atoms with E-state index in [4.69, 9.17) is 0 Å². The Morgan fingerprint density at radius 2 is 1.75 bits per heavy atom. The number of hydrogen-bond donors (Lipinski definition) is 1. The summed E-state index contributed by atoms with van der Waals surface area (Å²) >= 11 is 4.44. The molecule has 0 saturated heterocycles. The van der Waals surface area contributed by atoms with Gasteiger partial charge in [-0.3, -0.25) is 4.98 Å². The molecule has 2 heteroatoms. The SMILES string of the molecule is SCc1ccc2ccccc2c1/C=C/c1ccccn1. The van der Waals surface area contributed by atoms with Gasteiger partial charge in [0.05, 0.1) is 5.69 Å². The molecule has 0 amide bonds. The van der Waals surface area contributed by atoms with E-state index < -0.39 is 0 Å². The molecule has 3 aromatic rings. The number of nitrogens with zero attached hydrogens (tertiary/aromatic N) is 1. The average Bonchev–Trinajstić information content (AvgIpc) is 2.53. The number of fused-ring (bicyclic) bond motifs is 1. The maximum atomic E-state index is 4.44. The number of hydrogen-bond acceptors (Lipinski definition) is 2. The van der Waals surface area contributed by atoms with Crippen LogP contribution in [-0.2, 0) is 5.75 Å². The molecule has 1 heterocycles. The van der Waals surface area contributed by atoms with E-state index in [0.717, 1.165) is 11.4 Å². The Morgan fingerprint density at radius 1 is 0.900 bits per heavy atom. The Bertz CT molecular complexity index is 748. The van der Waals surface area contributed by atoms with Crippen LogP contribution in [0.3, 0.4) is 0 Å². The molecule has 0 spiro atoms. The summed E-state index contributed by atoms with van der Waals surface area (Å²) in [5, 5.41) is 2.50. The van der Waals surface area contributed by atoms with Gasteiger partial charge in [-0.25, -0.2) is 0 Å². The van der Waals surface area contributed by atoms with Crippen LogP contribution in [0.25, 0.3) is 22.9 Å². The summed E-state index contributed by atoms with van der Waals surface area (Å²) < 4.78 is 0. The molecule has 98 valence electrons. The summed E-state index contributed by atoms with van der Waals surface area (Å²) in [6.45, 7) is 0. The van der Waals surface area contributed by atoms with Crippen molar-refractivity contribution in [3.63, 3.8) is 0 Å². The van der Waals surface area contributed by atoms with E-state index in [1.54, 1.807) is 0 Å². The van der Waals surface area contributed by atoms with Gasteiger partial charge in [0.1, 0.15) is 0 Å². The number of pyridine rings is 1. The first-order valence-corrected chi connectivity index (χ1v) is 7.22. The molecule has 0 bridgehead atoms. The summed E-state index contributed by atoms with van der Waals surface area (Å²) in [6.07, 6.45) is 5.99. The van der Waals surface area contributed by atoms with Crippen LogP contribution in [0.2, 0.25) is 0 Å². The first kappa shape index (κ1) is 12.9. The monoisotopic (exact) mass is 277 g/mol. The van der Waals surface area contributed by atoms with E-state index in [1.807, 2.05) is 24.4 Å². The molecule has 1 nitrogen and oxygen atoms in total. The lowest BCUT2D eigenvalue weighted by Crippen LogP contribution is -1.87. The molecular weight excluding hydrogens is 262 g/mol. The third-order valence-electron chi connectivity index (χ3n) is 3.34. The second-order valence-electron chi connectivity index (χ2n) is 4.61. The van der Waals surface area contributed by atoms with Crippen molar-refractivity contribution < 1.29 is 0 Å². The summed E-state index contributed by atoms with van der Waals surface area (Å²) in [4.78, 5) is 4.32. The predicted molar refractivity (Wildman–Crippen MR) is 89.8 cm³/mol. The zero-order chi connectivity index (χ0) is 13.8. The van der Waals surface area contributed by atoms with Crippen LogP contribution in [0.4, 0.5) is 0 Å². The van der Waals surface area contributed by atoms with Crippen LogP contribution in [-0.4, -0.2) is 4.98 Å². The molecule has 0 aliphatic carbocycles. The van der Waals surface area contributed by atoms with Crippen molar-refractivity contribution in [1.82, 2.24) is 4.98 Å². The van der Waals surface area contributed by atoms with E-state index >= 15 is 0 Å². The Morgan fingerprint density at radius 3 is 2.55 bits per heavy atom. The lowest BCUT2D eigenvalue weighted by molar-refractivity contribution is 1.30. The van der Waals surface area contributed by atoms with Crippen LogP contribution in [0.1, 0.15) is 16.8 Å². The van der Waals surface area contributed by atoms with E-state index in [1.165, 1.54) is 21.9 Å². The molecule has 0 fully saturated rings. The maximum absolute atomic E-state index is 4.44. The van der Waals surface area contributed by atoms with Crippen LogP contribution < -0.4 is 0 Å². The van der Waals surface area contributed by atoms with Crippen LogP contribution in [0.5, 0.6) is 0 Å². The van der Waals surface area contributed by atoms with E-state index in [0.29, 0.717) is 0 Å². The Hall–Kier alpha value is -2.06. The molecule has 2 aromatic carbocycles. The van der Waals surface area contributed by atoms with Gasteiger partial charge in [-0.2, -0.15) is 12.6 Å². The fraction of sp³-hybridized carbons (Fsp3) is 0.0556. The second-order valence-corrected chi connectivity index (χ2v) is 4.92. The highest BCUT2D eigenvalue weighted by Crippen LogP contribution is 2.25. The van der Waals surface area contributed by atoms with E-state index in [9.17, 15) is 0 Å². The first-order valence-electron chi connectivity index (χ1n) is 6.59. The molecule has 0 saturated carbocycles. The molecule has 0 aliphatic rings. The highest BCUT2D eigenvalue weighted by atomic mass is 32.1. The number of aromatic nitrogens is 1. The van der Waals surface area contributed by atoms with Crippen molar-refractivity contribution in [2.45, 2.75) is 5.75 Å². The molecular formula is C18H15NS. The van der Waals surface area contributed by atoms with Gasteiger partial charge in [0.15, 0.2) is 0 Å². The van der Waals surface area contributed by atoms with Gasteiger partial charge in [0.25, 0.3) is 0 Å². The van der Waals surface area contributed by atoms with Gasteiger partial charge < -0.3 is 0 Å². The topological polar surface area (TPSA) is 12.9 Å². The summed E-state index contributed by atoms with van der Waals surface area (Å²) in [5.74, 6) is 0.729. The van der Waals surface area contributed by atoms with Gasteiger partial charge in [-0.1, -0.05) is 48.5 Å². The Balaban J connectivity index is 2.12. The predicted octanol–water partition coefficient (Wildman–Crippen LogP) is 4.84. The first-order chi connectivity index (χ1) is 9.88. The van der Waals surface area contributed by atoms with Crippen molar-refractivity contribution in [2.24, 2.45) is 0 Å². The van der Waals surface area contributed by atoms with Gasteiger partial charge in [0, 0.05) is 11.9 Å². The highest BCUT2D eigenvalue weighted by molar-refractivity contribution is 7.79. The summed E-state index contributed by atoms with van der Waals surface area (Å²) in [7, 11) is 0. The standard InChI is InChI=1S/C18H15NS/c20-13-15-9-8-14-5-1-2-7-17(14)18(15)11-10-16-6-3-4-12-19-16/h1-12,20H,13H2/b11-10+. The quantitative estimate of drug-likeness (QED) is 0.676. The molecule has 0 atom stereocenters. The van der Waals surface area contributed by atoms with Gasteiger partial charge >= 0.3 is 0 Å². The third-order valence-corrected chi connectivity index (χ3v) is 3.68. The molecule has 1 aromatic heterocycles. The average molecular weight is 277 g/mol. The fourth-order valence-corrected chi connectivity index (χ4v) is 2.59. The van der Waals surface area contributed by atoms with Crippen molar-refractivity contribution >= 4 is 35.6 Å². The third kappa shape index (κ3) is 2.61. The van der Waals surface area contributed by atoms with E-state index in [2.05, 4.69) is 66.2 Å². The molecule has 0 unspecified atom stereocenters. The summed E-state index contributed by atoms with van der Waals surface area (Å²) in [5.41, 5.74) is 3.42. The van der Waals surface area contributed by atoms with Crippen LogP contribution in [0.15, 0.2) is 60.8 Å². The Labute approximate surface area is 124 Å². The van der Waals surface area contributed by atoms with Crippen molar-refractivity contribution in [2.75, 3.05) is 0 Å². The zero-order valence-electron chi connectivity index (χ0n) is 11.0. The largest absolute Gasteiger partial charge is 0.257 e. The normalized spacial score (nSPS) is 11.2. The second kappa shape index (κ2) is 5.93. The molecule has 20 heavy (non-hydrogen) atoms. The van der Waals surface area contributed by atoms with Crippen molar-refractivity contribution in [3.05, 3.63) is 77.6 Å². The van der Waals surface area contributed by atoms with Crippen molar-refractivity contribution in [1.29, 1.82) is 0 Å². The van der Waals surface area contributed by atoms with Gasteiger partial charge in [-0.05, 0) is 40.1 Å².